The fraction of sp³-hybridized carbons (Fsp3) is 0.148. The number of anilines is 1. The Morgan fingerprint density at radius 3 is 2.57 bits per heavy atom. The lowest BCUT2D eigenvalue weighted by Crippen LogP contribution is -2.24. The van der Waals surface area contributed by atoms with E-state index in [2.05, 4.69) is 35.5 Å². The lowest BCUT2D eigenvalue weighted by molar-refractivity contribution is 0.153. The average molecular weight is 495 g/mol. The number of pyridine rings is 3. The number of fused-ring (bicyclic) bond motifs is 2. The van der Waals surface area contributed by atoms with E-state index in [0.717, 1.165) is 16.8 Å². The van der Waals surface area contributed by atoms with Crippen LogP contribution in [0.3, 0.4) is 0 Å². The summed E-state index contributed by atoms with van der Waals surface area (Å²) >= 11 is 0. The first-order valence-corrected chi connectivity index (χ1v) is 11.8. The monoisotopic (exact) mass is 494 g/mol. The first-order valence-electron chi connectivity index (χ1n) is 11.8. The Balaban J connectivity index is 1.44. The molecular weight excluding hydrogens is 471 g/mol. The first-order chi connectivity index (χ1) is 18.0. The Hall–Kier alpha value is -4.70. The van der Waals surface area contributed by atoms with Gasteiger partial charge in [0.1, 0.15) is 23.3 Å². The van der Waals surface area contributed by atoms with Crippen molar-refractivity contribution in [1.29, 1.82) is 0 Å². The fourth-order valence-electron chi connectivity index (χ4n) is 4.21. The molecule has 184 valence electrons. The van der Waals surface area contributed by atoms with E-state index in [1.807, 2.05) is 32.0 Å². The normalized spacial score (nSPS) is 12.5. The van der Waals surface area contributed by atoms with Crippen LogP contribution in [-0.4, -0.2) is 46.5 Å². The molecule has 1 aromatic carbocycles. The van der Waals surface area contributed by atoms with Crippen LogP contribution in [0.4, 0.5) is 10.1 Å². The van der Waals surface area contributed by atoms with Crippen molar-refractivity contribution in [1.82, 2.24) is 35.1 Å². The average Bonchev–Trinajstić information content (AvgIpc) is 3.52. The fourth-order valence-corrected chi connectivity index (χ4v) is 4.21. The van der Waals surface area contributed by atoms with Crippen LogP contribution in [0, 0.1) is 11.7 Å². The highest BCUT2D eigenvalue weighted by molar-refractivity contribution is 5.97. The molecule has 5 heterocycles. The molecule has 9 nitrogen and oxygen atoms in total. The zero-order valence-corrected chi connectivity index (χ0v) is 20.1. The second-order valence-corrected chi connectivity index (χ2v) is 9.12. The molecule has 0 radical (unpaired) electrons. The molecule has 0 amide bonds. The number of imidazole rings is 1. The van der Waals surface area contributed by atoms with Gasteiger partial charge in [-0.15, -0.1) is 0 Å². The third-order valence-electron chi connectivity index (χ3n) is 6.22. The van der Waals surface area contributed by atoms with Gasteiger partial charge >= 0.3 is 0 Å². The summed E-state index contributed by atoms with van der Waals surface area (Å²) in [5.41, 5.74) is 5.77. The van der Waals surface area contributed by atoms with Gasteiger partial charge < -0.3 is 15.4 Å². The molecular formula is C27H23FN8O. The standard InChI is InChI=1S/C27H23FN8O/c1-14(2)27(37)32-17-9-16(12-30-13-17)18-10-19-22(11-20(18)28)35-36-24(19)26-33-21-5-8-31-23(25(21)34-26)15-3-6-29-7-4-15/h3-14,27,32,37H,1-2H3,(H,33,34)(H,35,36). The van der Waals surface area contributed by atoms with E-state index in [-0.39, 0.29) is 5.92 Å². The molecule has 5 aromatic heterocycles. The van der Waals surface area contributed by atoms with Crippen LogP contribution in [0.1, 0.15) is 13.8 Å². The molecule has 0 spiro atoms. The van der Waals surface area contributed by atoms with Crippen molar-refractivity contribution in [3.05, 3.63) is 73.2 Å². The summed E-state index contributed by atoms with van der Waals surface area (Å²) in [6.07, 6.45) is 7.58. The summed E-state index contributed by atoms with van der Waals surface area (Å²) in [5.74, 6) is 0.124. The zero-order valence-electron chi connectivity index (χ0n) is 20.1. The molecule has 37 heavy (non-hydrogen) atoms. The molecule has 0 aliphatic rings. The third kappa shape index (κ3) is 4.17. The van der Waals surface area contributed by atoms with Crippen molar-refractivity contribution in [2.75, 3.05) is 5.32 Å². The number of aromatic nitrogens is 7. The van der Waals surface area contributed by atoms with Crippen LogP contribution >= 0.6 is 0 Å². The molecule has 6 aromatic rings. The number of hydrogen-bond donors (Lipinski definition) is 4. The predicted molar refractivity (Wildman–Crippen MR) is 140 cm³/mol. The summed E-state index contributed by atoms with van der Waals surface area (Å²) in [6.45, 7) is 3.80. The Kier molecular flexibility index (Phi) is 5.57. The van der Waals surface area contributed by atoms with Gasteiger partial charge in [0.05, 0.1) is 28.6 Å². The van der Waals surface area contributed by atoms with E-state index in [1.165, 1.54) is 6.07 Å². The molecule has 1 atom stereocenters. The summed E-state index contributed by atoms with van der Waals surface area (Å²) in [4.78, 5) is 21.0. The number of nitrogens with zero attached hydrogens (tertiary/aromatic N) is 5. The molecule has 0 bridgehead atoms. The number of aliphatic hydroxyl groups excluding tert-OH is 1. The minimum absolute atomic E-state index is 0.00307. The van der Waals surface area contributed by atoms with Gasteiger partial charge in [-0.2, -0.15) is 5.10 Å². The molecule has 0 aliphatic heterocycles. The highest BCUT2D eigenvalue weighted by Crippen LogP contribution is 2.34. The number of benzene rings is 1. The second kappa shape index (κ2) is 9.07. The first kappa shape index (κ1) is 22.7. The van der Waals surface area contributed by atoms with Crippen LogP contribution in [0.5, 0.6) is 0 Å². The van der Waals surface area contributed by atoms with Gasteiger partial charge in [0.25, 0.3) is 0 Å². The van der Waals surface area contributed by atoms with Gasteiger partial charge in [-0.1, -0.05) is 13.8 Å². The Morgan fingerprint density at radius 1 is 0.919 bits per heavy atom. The predicted octanol–water partition coefficient (Wildman–Crippen LogP) is 5.15. The molecule has 0 saturated carbocycles. The van der Waals surface area contributed by atoms with Crippen molar-refractivity contribution in [3.63, 3.8) is 0 Å². The number of rotatable bonds is 6. The maximum atomic E-state index is 15.2. The Labute approximate surface area is 210 Å². The number of aliphatic hydroxyl groups is 1. The summed E-state index contributed by atoms with van der Waals surface area (Å²) in [6, 6.07) is 10.5. The van der Waals surface area contributed by atoms with E-state index in [9.17, 15) is 5.11 Å². The maximum Gasteiger partial charge on any atom is 0.159 e. The van der Waals surface area contributed by atoms with Crippen molar-refractivity contribution in [2.24, 2.45) is 5.92 Å². The van der Waals surface area contributed by atoms with E-state index < -0.39 is 12.0 Å². The van der Waals surface area contributed by atoms with Crippen molar-refractivity contribution < 1.29 is 9.50 Å². The molecule has 0 fully saturated rings. The highest BCUT2D eigenvalue weighted by atomic mass is 19.1. The van der Waals surface area contributed by atoms with Gasteiger partial charge in [0, 0.05) is 52.9 Å². The summed E-state index contributed by atoms with van der Waals surface area (Å²) in [5, 5.41) is 21.2. The van der Waals surface area contributed by atoms with E-state index in [4.69, 9.17) is 4.98 Å². The topological polar surface area (TPSA) is 128 Å². The van der Waals surface area contributed by atoms with Crippen LogP contribution in [-0.2, 0) is 0 Å². The molecule has 6 rings (SSSR count). The number of halogens is 1. The summed E-state index contributed by atoms with van der Waals surface area (Å²) < 4.78 is 15.2. The number of aromatic amines is 2. The molecule has 0 aliphatic carbocycles. The van der Waals surface area contributed by atoms with E-state index in [0.29, 0.717) is 44.8 Å². The quantitative estimate of drug-likeness (QED) is 0.236. The van der Waals surface area contributed by atoms with Gasteiger partial charge in [0.15, 0.2) is 5.82 Å². The Morgan fingerprint density at radius 2 is 1.76 bits per heavy atom. The summed E-state index contributed by atoms with van der Waals surface area (Å²) in [7, 11) is 0. The van der Waals surface area contributed by atoms with E-state index >= 15 is 4.39 Å². The minimum atomic E-state index is -0.746. The highest BCUT2D eigenvalue weighted by Gasteiger charge is 2.18. The molecule has 10 heteroatoms. The zero-order chi connectivity index (χ0) is 25.5. The Bertz CT molecular complexity index is 1730. The van der Waals surface area contributed by atoms with Crippen molar-refractivity contribution in [2.45, 2.75) is 20.1 Å². The molecule has 0 saturated heterocycles. The SMILES string of the molecule is CC(C)C(O)Nc1cncc(-c2cc3c(-c4nc5c(-c6ccncc6)nccc5[nH]4)n[nH]c3cc2F)c1. The number of hydrogen-bond acceptors (Lipinski definition) is 7. The van der Waals surface area contributed by atoms with Crippen LogP contribution in [0.15, 0.2) is 67.4 Å². The van der Waals surface area contributed by atoms with Crippen molar-refractivity contribution in [3.8, 4) is 33.9 Å². The smallest absolute Gasteiger partial charge is 0.159 e. The van der Waals surface area contributed by atoms with Crippen LogP contribution in [0.2, 0.25) is 0 Å². The van der Waals surface area contributed by atoms with Crippen molar-refractivity contribution >= 4 is 27.6 Å². The lowest BCUT2D eigenvalue weighted by Gasteiger charge is -2.17. The van der Waals surface area contributed by atoms with Gasteiger partial charge in [0.2, 0.25) is 0 Å². The molecule has 1 unspecified atom stereocenters. The lowest BCUT2D eigenvalue weighted by atomic mass is 10.0. The van der Waals surface area contributed by atoms with Gasteiger partial charge in [-0.25, -0.2) is 9.37 Å². The third-order valence-corrected chi connectivity index (χ3v) is 6.22. The van der Waals surface area contributed by atoms with Crippen LogP contribution in [0.25, 0.3) is 55.8 Å². The number of H-pyrrole nitrogens is 2. The largest absolute Gasteiger partial charge is 0.374 e. The second-order valence-electron chi connectivity index (χ2n) is 9.12. The molecule has 4 N–H and O–H groups in total. The minimum Gasteiger partial charge on any atom is -0.374 e. The van der Waals surface area contributed by atoms with Gasteiger partial charge in [-0.05, 0) is 36.2 Å². The van der Waals surface area contributed by atoms with Crippen LogP contribution < -0.4 is 5.32 Å². The number of nitrogens with one attached hydrogen (secondary N) is 3. The van der Waals surface area contributed by atoms with E-state index in [1.54, 1.807) is 43.1 Å². The maximum absolute atomic E-state index is 15.2. The van der Waals surface area contributed by atoms with Gasteiger partial charge in [-0.3, -0.25) is 20.1 Å².